The average molecular weight is 338 g/mol. The Hall–Kier alpha value is -2.19. The summed E-state index contributed by atoms with van der Waals surface area (Å²) < 4.78 is 10.9. The number of rotatable bonds is 4. The Morgan fingerprint density at radius 1 is 1.39 bits per heavy atom. The second-order valence-corrected chi connectivity index (χ2v) is 6.91. The van der Waals surface area contributed by atoms with E-state index in [4.69, 9.17) is 9.47 Å². The molecule has 0 aliphatic rings. The maximum Gasteiger partial charge on any atom is 0.412 e. The van der Waals surface area contributed by atoms with Gasteiger partial charge in [-0.3, -0.25) is 10.3 Å². The van der Waals surface area contributed by atoms with E-state index in [2.05, 4.69) is 10.3 Å². The molecule has 2 rings (SSSR count). The van der Waals surface area contributed by atoms with Gasteiger partial charge in [-0.2, -0.15) is 0 Å². The van der Waals surface area contributed by atoms with Crippen LogP contribution in [0, 0.1) is 0 Å². The Morgan fingerprint density at radius 2 is 2.09 bits per heavy atom. The molecule has 2 heterocycles. The van der Waals surface area contributed by atoms with Gasteiger partial charge in [-0.15, -0.1) is 11.3 Å². The number of anilines is 1. The number of pyridine rings is 1. The first-order valence-electron chi connectivity index (χ1n) is 6.85. The van der Waals surface area contributed by atoms with Crippen LogP contribution < -0.4 is 5.32 Å². The predicted octanol–water partition coefficient (Wildman–Crippen LogP) is 3.49. The quantitative estimate of drug-likeness (QED) is 0.885. The van der Waals surface area contributed by atoms with Crippen LogP contribution in [0.2, 0.25) is 0 Å². The number of nitrogens with one attached hydrogen (secondary N) is 1. The second kappa shape index (κ2) is 6.51. The van der Waals surface area contributed by atoms with Crippen molar-refractivity contribution in [3.63, 3.8) is 0 Å². The van der Waals surface area contributed by atoms with Crippen LogP contribution in [0.1, 0.15) is 36.7 Å². The summed E-state index contributed by atoms with van der Waals surface area (Å²) in [6.45, 7) is 5.56. The molecule has 0 atom stereocenters. The zero-order valence-corrected chi connectivity index (χ0v) is 14.1. The molecule has 0 saturated carbocycles. The van der Waals surface area contributed by atoms with Crippen molar-refractivity contribution >= 4 is 38.6 Å². The standard InChI is InChI=1S/C15H18N2O5S/c1-15(2,3)22-14(20)17-12-10(13(18)19)11-9(23-12)5-8(6-16-11)7-21-4/h5-6H,7H2,1-4H3,(H,17,20)(H,18,19). The van der Waals surface area contributed by atoms with Gasteiger partial charge in [-0.25, -0.2) is 9.59 Å². The second-order valence-electron chi connectivity index (χ2n) is 5.86. The van der Waals surface area contributed by atoms with Crippen molar-refractivity contribution in [3.8, 4) is 0 Å². The lowest BCUT2D eigenvalue weighted by Crippen LogP contribution is -2.27. The van der Waals surface area contributed by atoms with E-state index < -0.39 is 17.7 Å². The van der Waals surface area contributed by atoms with Gasteiger partial charge in [0.15, 0.2) is 0 Å². The van der Waals surface area contributed by atoms with Crippen LogP contribution in [-0.2, 0) is 16.1 Å². The van der Waals surface area contributed by atoms with Gasteiger partial charge in [-0.1, -0.05) is 0 Å². The first kappa shape index (κ1) is 17.2. The zero-order chi connectivity index (χ0) is 17.2. The van der Waals surface area contributed by atoms with E-state index in [0.29, 0.717) is 16.8 Å². The van der Waals surface area contributed by atoms with Crippen LogP contribution in [0.25, 0.3) is 10.2 Å². The molecular weight excluding hydrogens is 320 g/mol. The highest BCUT2D eigenvalue weighted by Crippen LogP contribution is 2.35. The molecule has 2 aromatic rings. The largest absolute Gasteiger partial charge is 0.478 e. The number of aromatic nitrogens is 1. The number of carbonyl (C=O) groups is 2. The number of carboxylic acid groups (broad SMARTS) is 1. The summed E-state index contributed by atoms with van der Waals surface area (Å²) in [4.78, 5) is 27.6. The fourth-order valence-electron chi connectivity index (χ4n) is 1.95. The third kappa shape index (κ3) is 4.17. The number of aromatic carboxylic acids is 1. The van der Waals surface area contributed by atoms with Crippen molar-refractivity contribution in [3.05, 3.63) is 23.4 Å². The molecule has 0 unspecified atom stereocenters. The minimum absolute atomic E-state index is 0.0418. The molecule has 2 aromatic heterocycles. The molecular formula is C15H18N2O5S. The number of fused-ring (bicyclic) bond motifs is 1. The molecule has 0 aromatic carbocycles. The predicted molar refractivity (Wildman–Crippen MR) is 87.1 cm³/mol. The van der Waals surface area contributed by atoms with E-state index in [1.807, 2.05) is 0 Å². The molecule has 0 saturated heterocycles. The van der Waals surface area contributed by atoms with E-state index in [-0.39, 0.29) is 10.6 Å². The first-order valence-corrected chi connectivity index (χ1v) is 7.66. The van der Waals surface area contributed by atoms with Gasteiger partial charge in [-0.05, 0) is 32.4 Å². The molecule has 7 nitrogen and oxygen atoms in total. The number of carboxylic acids is 1. The summed E-state index contributed by atoms with van der Waals surface area (Å²) in [5.41, 5.74) is 0.434. The SMILES string of the molecule is COCc1cnc2c(C(=O)O)c(NC(=O)OC(C)(C)C)sc2c1. The molecule has 23 heavy (non-hydrogen) atoms. The topological polar surface area (TPSA) is 97.8 Å². The van der Waals surface area contributed by atoms with Crippen molar-refractivity contribution in [1.82, 2.24) is 4.98 Å². The number of hydrogen-bond donors (Lipinski definition) is 2. The fraction of sp³-hybridized carbons (Fsp3) is 0.400. The molecule has 1 amide bonds. The van der Waals surface area contributed by atoms with Crippen LogP contribution in [0.15, 0.2) is 12.3 Å². The Balaban J connectivity index is 2.40. The van der Waals surface area contributed by atoms with Crippen LogP contribution in [0.3, 0.4) is 0 Å². The van der Waals surface area contributed by atoms with Crippen LogP contribution in [0.5, 0.6) is 0 Å². The van der Waals surface area contributed by atoms with Crippen molar-refractivity contribution < 1.29 is 24.2 Å². The van der Waals surface area contributed by atoms with Gasteiger partial charge in [0.25, 0.3) is 0 Å². The maximum absolute atomic E-state index is 11.9. The number of amides is 1. The maximum atomic E-state index is 11.9. The molecule has 0 radical (unpaired) electrons. The lowest BCUT2D eigenvalue weighted by Gasteiger charge is -2.19. The van der Waals surface area contributed by atoms with E-state index >= 15 is 0 Å². The number of carbonyl (C=O) groups excluding carboxylic acids is 1. The normalized spacial score (nSPS) is 11.5. The molecule has 0 bridgehead atoms. The Labute approximate surface area is 137 Å². The smallest absolute Gasteiger partial charge is 0.412 e. The van der Waals surface area contributed by atoms with E-state index in [9.17, 15) is 14.7 Å². The fourth-order valence-corrected chi connectivity index (χ4v) is 3.05. The van der Waals surface area contributed by atoms with E-state index in [1.165, 1.54) is 0 Å². The van der Waals surface area contributed by atoms with Gasteiger partial charge in [0.05, 0.1) is 16.8 Å². The number of thiophene rings is 1. The minimum atomic E-state index is -1.16. The number of hydrogen-bond acceptors (Lipinski definition) is 6. The molecule has 0 aliphatic carbocycles. The summed E-state index contributed by atoms with van der Waals surface area (Å²) in [5.74, 6) is -1.16. The Bertz CT molecular complexity index is 748. The monoisotopic (exact) mass is 338 g/mol. The highest BCUT2D eigenvalue weighted by Gasteiger charge is 2.23. The van der Waals surface area contributed by atoms with Gasteiger partial charge >= 0.3 is 12.1 Å². The highest BCUT2D eigenvalue weighted by atomic mass is 32.1. The summed E-state index contributed by atoms with van der Waals surface area (Å²) >= 11 is 1.14. The van der Waals surface area contributed by atoms with Gasteiger partial charge in [0, 0.05) is 13.3 Å². The lowest BCUT2D eigenvalue weighted by atomic mass is 10.2. The summed E-state index contributed by atoms with van der Waals surface area (Å²) in [5, 5.41) is 12.1. The Kier molecular flexibility index (Phi) is 4.86. The van der Waals surface area contributed by atoms with Gasteiger partial charge in [0.1, 0.15) is 16.2 Å². The summed E-state index contributed by atoms with van der Waals surface area (Å²) in [6.07, 6.45) is 0.853. The molecule has 0 spiro atoms. The highest BCUT2D eigenvalue weighted by molar-refractivity contribution is 7.23. The summed E-state index contributed by atoms with van der Waals surface area (Å²) in [6, 6.07) is 1.79. The minimum Gasteiger partial charge on any atom is -0.478 e. The van der Waals surface area contributed by atoms with E-state index in [1.54, 1.807) is 40.1 Å². The zero-order valence-electron chi connectivity index (χ0n) is 13.3. The number of ether oxygens (including phenoxy) is 2. The van der Waals surface area contributed by atoms with Gasteiger partial charge < -0.3 is 14.6 Å². The third-order valence-corrected chi connectivity index (χ3v) is 3.77. The average Bonchev–Trinajstić information content (AvgIpc) is 2.73. The summed E-state index contributed by atoms with van der Waals surface area (Å²) in [7, 11) is 1.57. The van der Waals surface area contributed by atoms with E-state index in [0.717, 1.165) is 16.9 Å². The lowest BCUT2D eigenvalue weighted by molar-refractivity contribution is 0.0636. The molecule has 0 aliphatic heterocycles. The van der Waals surface area contributed by atoms with Crippen LogP contribution in [0.4, 0.5) is 9.80 Å². The molecule has 2 N–H and O–H groups in total. The molecule has 8 heteroatoms. The number of methoxy groups -OCH3 is 1. The van der Waals surface area contributed by atoms with Crippen molar-refractivity contribution in [2.75, 3.05) is 12.4 Å². The van der Waals surface area contributed by atoms with Crippen molar-refractivity contribution in [2.24, 2.45) is 0 Å². The third-order valence-electron chi connectivity index (χ3n) is 2.72. The van der Waals surface area contributed by atoms with Crippen molar-refractivity contribution in [2.45, 2.75) is 33.0 Å². The number of nitrogens with zero attached hydrogens (tertiary/aromatic N) is 1. The van der Waals surface area contributed by atoms with Crippen LogP contribution in [-0.4, -0.2) is 34.9 Å². The molecule has 124 valence electrons. The molecule has 0 fully saturated rings. The van der Waals surface area contributed by atoms with Crippen molar-refractivity contribution in [1.29, 1.82) is 0 Å². The van der Waals surface area contributed by atoms with Crippen LogP contribution >= 0.6 is 11.3 Å². The first-order chi connectivity index (χ1) is 10.7. The van der Waals surface area contributed by atoms with Gasteiger partial charge in [0.2, 0.25) is 0 Å². The Morgan fingerprint density at radius 3 is 2.65 bits per heavy atom.